The summed E-state index contributed by atoms with van der Waals surface area (Å²) < 4.78 is 0. The fourth-order valence-corrected chi connectivity index (χ4v) is 0.197. The standard InChI is InChI=1S/C3H9N2O2/c4-2-1-3-7-5-6/h5H,1-4H2/q-1. The molecule has 0 saturated carbocycles. The third-order valence-corrected chi connectivity index (χ3v) is 0.509. The van der Waals surface area contributed by atoms with Crippen molar-refractivity contribution >= 4 is 0 Å². The predicted octanol–water partition coefficient (Wildman–Crippen LogP) is -0.646. The van der Waals surface area contributed by atoms with Crippen molar-refractivity contribution < 1.29 is 4.84 Å². The molecule has 7 heavy (non-hydrogen) atoms. The number of rotatable bonds is 4. The molecule has 0 atom stereocenters. The molecule has 0 aromatic carbocycles. The molecule has 4 heteroatoms. The molecule has 0 spiro atoms. The van der Waals surface area contributed by atoms with E-state index in [9.17, 15) is 5.21 Å². The molecule has 0 rings (SSSR count). The summed E-state index contributed by atoms with van der Waals surface area (Å²) in [5.41, 5.74) is 6.36. The first-order valence-corrected chi connectivity index (χ1v) is 2.11. The van der Waals surface area contributed by atoms with Crippen molar-refractivity contribution in [1.29, 1.82) is 0 Å². The molecular formula is C3H9N2O2-. The maximum atomic E-state index is 9.29. The predicted molar refractivity (Wildman–Crippen MR) is 26.1 cm³/mol. The van der Waals surface area contributed by atoms with Gasteiger partial charge in [-0.25, -0.2) is 0 Å². The normalized spacial score (nSPS) is 9.43. The van der Waals surface area contributed by atoms with Crippen molar-refractivity contribution in [1.82, 2.24) is 5.64 Å². The van der Waals surface area contributed by atoms with Gasteiger partial charge in [0.25, 0.3) is 0 Å². The van der Waals surface area contributed by atoms with Crippen LogP contribution >= 0.6 is 0 Å². The Morgan fingerprint density at radius 2 is 2.43 bits per heavy atom. The van der Waals surface area contributed by atoms with E-state index in [4.69, 9.17) is 5.73 Å². The topological polar surface area (TPSA) is 70.3 Å². The van der Waals surface area contributed by atoms with Crippen LogP contribution in [0, 0.1) is 5.21 Å². The quantitative estimate of drug-likeness (QED) is 0.368. The SMILES string of the molecule is NCCCON[O-]. The number of nitrogens with one attached hydrogen (secondary N) is 1. The summed E-state index contributed by atoms with van der Waals surface area (Å²) >= 11 is 0. The second kappa shape index (κ2) is 5.84. The molecule has 0 aromatic rings. The molecule has 0 saturated heterocycles. The van der Waals surface area contributed by atoms with Crippen LogP contribution in [0.3, 0.4) is 0 Å². The molecule has 0 unspecified atom stereocenters. The fraction of sp³-hybridized carbons (Fsp3) is 1.00. The maximum absolute atomic E-state index is 9.29. The first-order valence-electron chi connectivity index (χ1n) is 2.11. The van der Waals surface area contributed by atoms with E-state index in [-0.39, 0.29) is 0 Å². The van der Waals surface area contributed by atoms with Gasteiger partial charge in [-0.15, -0.1) is 0 Å². The first-order chi connectivity index (χ1) is 3.41. The van der Waals surface area contributed by atoms with Gasteiger partial charge in [0.2, 0.25) is 0 Å². The highest BCUT2D eigenvalue weighted by molar-refractivity contribution is 4.32. The van der Waals surface area contributed by atoms with Crippen molar-refractivity contribution in [2.45, 2.75) is 6.42 Å². The molecule has 0 bridgehead atoms. The minimum atomic E-state index is 0.389. The lowest BCUT2D eigenvalue weighted by Gasteiger charge is -2.05. The zero-order chi connectivity index (χ0) is 5.54. The zero-order valence-corrected chi connectivity index (χ0v) is 4.02. The summed E-state index contributed by atoms with van der Waals surface area (Å²) in [6, 6.07) is 0. The zero-order valence-electron chi connectivity index (χ0n) is 4.02. The number of nitrogens with two attached hydrogens (primary N) is 1. The van der Waals surface area contributed by atoms with Crippen LogP contribution < -0.4 is 11.4 Å². The molecule has 0 fully saturated rings. The maximum Gasteiger partial charge on any atom is 0.0682 e. The molecule has 0 aliphatic heterocycles. The van der Waals surface area contributed by atoms with Gasteiger partial charge >= 0.3 is 0 Å². The summed E-state index contributed by atoms with van der Waals surface area (Å²) in [6.45, 7) is 0.946. The van der Waals surface area contributed by atoms with Gasteiger partial charge in [0.05, 0.1) is 6.61 Å². The molecule has 0 aliphatic rings. The van der Waals surface area contributed by atoms with Gasteiger partial charge in [-0.2, -0.15) is 0 Å². The molecule has 0 radical (unpaired) electrons. The Bertz CT molecular complexity index is 30.1. The highest BCUT2D eigenvalue weighted by Gasteiger charge is 1.76. The van der Waals surface area contributed by atoms with Gasteiger partial charge in [-0.1, -0.05) is 0 Å². The molecule has 0 amide bonds. The largest absolute Gasteiger partial charge is 0.765 e. The van der Waals surface area contributed by atoms with E-state index in [2.05, 4.69) is 4.84 Å². The highest BCUT2D eigenvalue weighted by Crippen LogP contribution is 1.71. The smallest absolute Gasteiger partial charge is 0.0682 e. The Balaban J connectivity index is 2.45. The van der Waals surface area contributed by atoms with Crippen LogP contribution in [0.15, 0.2) is 0 Å². The van der Waals surface area contributed by atoms with Gasteiger partial charge in [-0.3, -0.25) is 5.64 Å². The van der Waals surface area contributed by atoms with Crippen LogP contribution in [0.5, 0.6) is 0 Å². The van der Waals surface area contributed by atoms with Gasteiger partial charge < -0.3 is 15.8 Å². The lowest BCUT2D eigenvalue weighted by atomic mass is 10.5. The Morgan fingerprint density at radius 3 is 2.86 bits per heavy atom. The van der Waals surface area contributed by atoms with Crippen LogP contribution in [-0.2, 0) is 4.84 Å². The Kier molecular flexibility index (Phi) is 5.71. The summed E-state index contributed by atoms with van der Waals surface area (Å²) in [5, 5.41) is 9.29. The summed E-state index contributed by atoms with van der Waals surface area (Å²) in [7, 11) is 0. The van der Waals surface area contributed by atoms with Crippen LogP contribution in [-0.4, -0.2) is 13.2 Å². The third kappa shape index (κ3) is 5.84. The second-order valence-electron chi connectivity index (χ2n) is 1.07. The van der Waals surface area contributed by atoms with Gasteiger partial charge in [0, 0.05) is 0 Å². The van der Waals surface area contributed by atoms with E-state index >= 15 is 0 Å². The average Bonchev–Trinajstić information content (AvgIpc) is 1.69. The molecule has 0 aliphatic carbocycles. The highest BCUT2D eigenvalue weighted by atomic mass is 16.8. The van der Waals surface area contributed by atoms with Crippen LogP contribution in [0.25, 0.3) is 0 Å². The van der Waals surface area contributed by atoms with Gasteiger partial charge in [-0.05, 0) is 13.0 Å². The molecule has 3 N–H and O–H groups in total. The van der Waals surface area contributed by atoms with E-state index in [1.54, 1.807) is 0 Å². The monoisotopic (exact) mass is 105 g/mol. The van der Waals surface area contributed by atoms with Crippen molar-refractivity contribution in [3.8, 4) is 0 Å². The van der Waals surface area contributed by atoms with Crippen LogP contribution in [0.1, 0.15) is 6.42 Å². The van der Waals surface area contributed by atoms with Crippen molar-refractivity contribution in [3.63, 3.8) is 0 Å². The minimum absolute atomic E-state index is 0.389. The second-order valence-corrected chi connectivity index (χ2v) is 1.07. The minimum Gasteiger partial charge on any atom is -0.765 e. The molecule has 0 aromatic heterocycles. The summed E-state index contributed by atoms with van der Waals surface area (Å²) in [5.74, 6) is 0. The lowest BCUT2D eigenvalue weighted by Crippen LogP contribution is -2.10. The Morgan fingerprint density at radius 1 is 1.71 bits per heavy atom. The average molecular weight is 105 g/mol. The Hall–Kier alpha value is -0.160. The van der Waals surface area contributed by atoms with Crippen molar-refractivity contribution in [2.24, 2.45) is 5.73 Å². The number of hydrogen-bond donors (Lipinski definition) is 2. The molecular weight excluding hydrogens is 96.0 g/mol. The fourth-order valence-electron chi connectivity index (χ4n) is 0.197. The summed E-state index contributed by atoms with van der Waals surface area (Å²) in [4.78, 5) is 4.19. The van der Waals surface area contributed by atoms with E-state index in [0.29, 0.717) is 13.2 Å². The Labute approximate surface area is 42.2 Å². The van der Waals surface area contributed by atoms with Crippen LogP contribution in [0.4, 0.5) is 0 Å². The van der Waals surface area contributed by atoms with Gasteiger partial charge in [0.1, 0.15) is 0 Å². The molecule has 44 valence electrons. The van der Waals surface area contributed by atoms with E-state index < -0.39 is 0 Å². The van der Waals surface area contributed by atoms with E-state index in [0.717, 1.165) is 6.42 Å². The summed E-state index contributed by atoms with van der Waals surface area (Å²) in [6.07, 6.45) is 0.718. The number of hydrogen-bond acceptors (Lipinski definition) is 4. The van der Waals surface area contributed by atoms with E-state index in [1.807, 2.05) is 0 Å². The van der Waals surface area contributed by atoms with E-state index in [1.165, 1.54) is 5.64 Å². The molecule has 0 heterocycles. The van der Waals surface area contributed by atoms with Crippen LogP contribution in [0.2, 0.25) is 0 Å². The van der Waals surface area contributed by atoms with Crippen molar-refractivity contribution in [3.05, 3.63) is 5.21 Å². The van der Waals surface area contributed by atoms with Gasteiger partial charge in [0.15, 0.2) is 0 Å². The first kappa shape index (κ1) is 6.84. The van der Waals surface area contributed by atoms with Crippen molar-refractivity contribution in [2.75, 3.05) is 13.2 Å². The third-order valence-electron chi connectivity index (χ3n) is 0.509. The molecule has 4 nitrogen and oxygen atoms in total. The lowest BCUT2D eigenvalue weighted by molar-refractivity contribution is 0.0709.